The first kappa shape index (κ1) is 20.9. The first-order valence-corrected chi connectivity index (χ1v) is 9.69. The summed E-state index contributed by atoms with van der Waals surface area (Å²) in [7, 11) is 2.36. The van der Waals surface area contributed by atoms with Gasteiger partial charge in [0.05, 0.1) is 25.3 Å². The van der Waals surface area contributed by atoms with E-state index in [0.29, 0.717) is 11.0 Å². The molecule has 0 spiro atoms. The number of aromatic nitrogens is 1. The molecule has 0 unspecified atom stereocenters. The molecule has 160 valence electrons. The number of methoxy groups -OCH3 is 2. The number of hydrogen-bond acceptors (Lipinski definition) is 6. The lowest BCUT2D eigenvalue weighted by Crippen LogP contribution is -2.56. The van der Waals surface area contributed by atoms with Gasteiger partial charge in [-0.3, -0.25) is 4.79 Å². The van der Waals surface area contributed by atoms with Crippen LogP contribution in [-0.2, 0) is 9.47 Å². The van der Waals surface area contributed by atoms with Crippen molar-refractivity contribution in [2.75, 3.05) is 14.2 Å². The summed E-state index contributed by atoms with van der Waals surface area (Å²) in [5.74, 6) is -2.28. The number of ketones is 1. The molecule has 8 heteroatoms. The van der Waals surface area contributed by atoms with E-state index in [2.05, 4.69) is 0 Å². The van der Waals surface area contributed by atoms with Gasteiger partial charge < -0.3 is 13.9 Å². The van der Waals surface area contributed by atoms with E-state index in [1.807, 2.05) is 19.1 Å². The number of esters is 2. The topological polar surface area (TPSA) is 105 Å². The van der Waals surface area contributed by atoms with Gasteiger partial charge in [0.2, 0.25) is 5.78 Å². The van der Waals surface area contributed by atoms with Gasteiger partial charge in [-0.1, -0.05) is 30.3 Å². The number of ether oxygens (including phenoxy) is 2. The zero-order chi connectivity index (χ0) is 23.0. The minimum Gasteiger partial charge on any atom is -0.465 e. The lowest BCUT2D eigenvalue weighted by Gasteiger charge is -2.10. The third kappa shape index (κ3) is 3.04. The van der Waals surface area contributed by atoms with Crippen molar-refractivity contribution in [3.63, 3.8) is 0 Å². The number of para-hydroxylation sites is 2. The average Bonchev–Trinajstić information content (AvgIpc) is 3.17. The molecule has 0 aliphatic rings. The first-order valence-electron chi connectivity index (χ1n) is 9.69. The van der Waals surface area contributed by atoms with Crippen molar-refractivity contribution in [3.8, 4) is 0 Å². The Balaban J connectivity index is 2.26. The molecule has 0 saturated heterocycles. The first-order chi connectivity index (χ1) is 15.4. The quantitative estimate of drug-likeness (QED) is 0.385. The van der Waals surface area contributed by atoms with Gasteiger partial charge in [-0.15, -0.1) is 0 Å². The molecule has 0 radical (unpaired) electrons. The highest BCUT2D eigenvalue weighted by molar-refractivity contribution is 6.21. The Kier molecular flexibility index (Phi) is 5.28. The Morgan fingerprint density at radius 2 is 1.47 bits per heavy atom. The summed E-state index contributed by atoms with van der Waals surface area (Å²) in [5.41, 5.74) is 1.47. The second-order valence-corrected chi connectivity index (χ2v) is 7.12. The van der Waals surface area contributed by atoms with Gasteiger partial charge in [-0.2, -0.15) is 0 Å². The normalized spacial score (nSPS) is 10.8. The number of hydrogen-bond donors (Lipinski definition) is 1. The zero-order valence-corrected chi connectivity index (χ0v) is 17.6. The maximum atomic E-state index is 13.8. The summed E-state index contributed by atoms with van der Waals surface area (Å²) >= 11 is 0. The second-order valence-electron chi connectivity index (χ2n) is 7.12. The van der Waals surface area contributed by atoms with E-state index in [1.54, 1.807) is 39.9 Å². The molecule has 0 fully saturated rings. The number of carbonyl (C=O) groups is 3. The fraction of sp³-hybridized carbons (Fsp3) is 0.125. The molecular weight excluding hydrogens is 412 g/mol. The summed E-state index contributed by atoms with van der Waals surface area (Å²) in [6.07, 6.45) is 0. The SMILES string of the molecule is COC(=O)c1c(C(=O)OC)c2cc(C)c3ccccc3n2c1C(=O)c1ccccc1[NH+]=O. The number of pyridine rings is 1. The summed E-state index contributed by atoms with van der Waals surface area (Å²) in [5, 5.41) is 2.58. The predicted octanol–water partition coefficient (Wildman–Crippen LogP) is 2.68. The number of rotatable bonds is 5. The Morgan fingerprint density at radius 1 is 0.844 bits per heavy atom. The molecule has 0 bridgehead atoms. The Bertz CT molecular complexity index is 1430. The highest BCUT2D eigenvalue weighted by Gasteiger charge is 2.35. The van der Waals surface area contributed by atoms with Crippen LogP contribution in [-0.4, -0.2) is 36.3 Å². The van der Waals surface area contributed by atoms with Crippen LogP contribution in [0.3, 0.4) is 0 Å². The van der Waals surface area contributed by atoms with E-state index < -0.39 is 17.7 Å². The Morgan fingerprint density at radius 3 is 2.16 bits per heavy atom. The van der Waals surface area contributed by atoms with E-state index in [1.165, 1.54) is 19.2 Å². The van der Waals surface area contributed by atoms with Crippen LogP contribution in [0, 0.1) is 11.8 Å². The number of nitroso groups, excluding NO2 is 1. The van der Waals surface area contributed by atoms with Gasteiger partial charge in [-0.25, -0.2) is 9.59 Å². The smallest absolute Gasteiger partial charge is 0.341 e. The van der Waals surface area contributed by atoms with Gasteiger partial charge in [-0.05, 0) is 30.7 Å². The number of benzene rings is 2. The average molecular weight is 431 g/mol. The fourth-order valence-electron chi connectivity index (χ4n) is 3.98. The van der Waals surface area contributed by atoms with Gasteiger partial charge in [0.25, 0.3) is 5.69 Å². The van der Waals surface area contributed by atoms with Gasteiger partial charge >= 0.3 is 11.9 Å². The second kappa shape index (κ2) is 8.07. The standard InChI is InChI=1S/C24H18N2O6/c1-13-12-18-19(23(28)31-2)20(24(29)32-3)21(26(18)17-11-7-5-8-14(13)17)22(27)15-9-4-6-10-16(15)25-30/h4-12H,1-3H3/p+1. The number of aryl methyl sites for hydroxylation is 1. The highest BCUT2D eigenvalue weighted by Crippen LogP contribution is 2.33. The molecule has 0 aliphatic heterocycles. The van der Waals surface area contributed by atoms with Crippen LogP contribution in [0.5, 0.6) is 0 Å². The number of fused-ring (bicyclic) bond motifs is 3. The van der Waals surface area contributed by atoms with Crippen LogP contribution in [0.1, 0.15) is 42.3 Å². The predicted molar refractivity (Wildman–Crippen MR) is 116 cm³/mol. The minimum absolute atomic E-state index is 0.0410. The molecule has 32 heavy (non-hydrogen) atoms. The Hall–Kier alpha value is -4.33. The molecule has 0 amide bonds. The molecule has 8 nitrogen and oxygen atoms in total. The molecule has 1 N–H and O–H groups in total. The highest BCUT2D eigenvalue weighted by atomic mass is 16.5. The molecule has 0 aliphatic carbocycles. The molecular formula is C24H19N2O6+. The fourth-order valence-corrected chi connectivity index (χ4v) is 3.98. The maximum absolute atomic E-state index is 13.8. The molecule has 2 aromatic heterocycles. The van der Waals surface area contributed by atoms with Crippen LogP contribution in [0.4, 0.5) is 5.69 Å². The van der Waals surface area contributed by atoms with Crippen molar-refractivity contribution in [3.05, 3.63) is 87.5 Å². The summed E-state index contributed by atoms with van der Waals surface area (Å²) in [4.78, 5) is 50.9. The van der Waals surface area contributed by atoms with Crippen molar-refractivity contribution >= 4 is 39.8 Å². The van der Waals surface area contributed by atoms with E-state index in [4.69, 9.17) is 9.47 Å². The molecule has 2 aromatic carbocycles. The molecule has 0 saturated carbocycles. The lowest BCUT2D eigenvalue weighted by atomic mass is 10.0. The van der Waals surface area contributed by atoms with Crippen molar-refractivity contribution in [2.24, 2.45) is 0 Å². The van der Waals surface area contributed by atoms with E-state index in [0.717, 1.165) is 18.1 Å². The summed E-state index contributed by atoms with van der Waals surface area (Å²) in [6, 6.07) is 15.2. The monoisotopic (exact) mass is 431 g/mol. The van der Waals surface area contributed by atoms with Gasteiger partial charge in [0.1, 0.15) is 22.4 Å². The van der Waals surface area contributed by atoms with Crippen molar-refractivity contribution in [1.29, 1.82) is 0 Å². The van der Waals surface area contributed by atoms with Crippen molar-refractivity contribution in [2.45, 2.75) is 6.92 Å². The Labute approximate surface area is 182 Å². The molecule has 0 atom stereocenters. The third-order valence-corrected chi connectivity index (χ3v) is 5.41. The van der Waals surface area contributed by atoms with Crippen LogP contribution in [0.2, 0.25) is 0 Å². The van der Waals surface area contributed by atoms with Crippen molar-refractivity contribution in [1.82, 2.24) is 4.40 Å². The van der Waals surface area contributed by atoms with E-state index in [9.17, 15) is 19.3 Å². The minimum atomic E-state index is -0.869. The van der Waals surface area contributed by atoms with Crippen LogP contribution in [0.25, 0.3) is 16.4 Å². The molecule has 4 aromatic rings. The lowest BCUT2D eigenvalue weighted by molar-refractivity contribution is -0.379. The number of nitrogens with one attached hydrogen (secondary N) is 1. The van der Waals surface area contributed by atoms with E-state index >= 15 is 0 Å². The third-order valence-electron chi connectivity index (χ3n) is 5.41. The van der Waals surface area contributed by atoms with Crippen LogP contribution in [0.15, 0.2) is 54.6 Å². The number of nitrogens with zero attached hydrogens (tertiary/aromatic N) is 1. The summed E-state index contributed by atoms with van der Waals surface area (Å²) < 4.78 is 11.4. The van der Waals surface area contributed by atoms with Crippen LogP contribution < -0.4 is 5.18 Å². The van der Waals surface area contributed by atoms with Gasteiger partial charge in [0.15, 0.2) is 0 Å². The summed E-state index contributed by atoms with van der Waals surface area (Å²) in [6.45, 7) is 1.87. The maximum Gasteiger partial charge on any atom is 0.341 e. The molecule has 4 rings (SSSR count). The van der Waals surface area contributed by atoms with Crippen LogP contribution >= 0.6 is 0 Å². The largest absolute Gasteiger partial charge is 0.465 e. The van der Waals surface area contributed by atoms with E-state index in [-0.39, 0.29) is 28.1 Å². The molecule has 2 heterocycles. The van der Waals surface area contributed by atoms with Crippen molar-refractivity contribution < 1.29 is 29.0 Å². The number of carbonyl (C=O) groups excluding carboxylic acids is 3. The van der Waals surface area contributed by atoms with Gasteiger partial charge in [0, 0.05) is 21.5 Å². The zero-order valence-electron chi connectivity index (χ0n) is 17.6.